The molecule has 7 heteroatoms. The van der Waals surface area contributed by atoms with Gasteiger partial charge in [0.05, 0.1) is 0 Å². The lowest BCUT2D eigenvalue weighted by molar-refractivity contribution is -0.157. The Labute approximate surface area is 153 Å². The van der Waals surface area contributed by atoms with Crippen LogP contribution in [0.3, 0.4) is 0 Å². The first-order valence-electron chi connectivity index (χ1n) is 8.85. The van der Waals surface area contributed by atoms with E-state index in [0.29, 0.717) is 0 Å². The first-order valence-corrected chi connectivity index (χ1v) is 8.85. The van der Waals surface area contributed by atoms with Crippen LogP contribution in [0.1, 0.15) is 39.2 Å². The topological polar surface area (TPSA) is 93.7 Å². The summed E-state index contributed by atoms with van der Waals surface area (Å²) in [6, 6.07) is 8.53. The van der Waals surface area contributed by atoms with E-state index in [9.17, 15) is 14.4 Å². The van der Waals surface area contributed by atoms with Gasteiger partial charge in [-0.1, -0.05) is 44.2 Å². The highest BCUT2D eigenvalue weighted by Gasteiger charge is 2.31. The lowest BCUT2D eigenvalue weighted by Crippen LogP contribution is -2.48. The Balaban J connectivity index is 1.82. The van der Waals surface area contributed by atoms with Crippen LogP contribution in [0.4, 0.5) is 4.79 Å². The summed E-state index contributed by atoms with van der Waals surface area (Å²) in [6.07, 6.45) is 0.289. The number of alkyl carbamates (subject to hydrolysis) is 1. The number of hydrogen-bond donors (Lipinski definition) is 2. The molecule has 2 rings (SSSR count). The zero-order valence-corrected chi connectivity index (χ0v) is 15.4. The van der Waals surface area contributed by atoms with Crippen molar-refractivity contribution in [1.29, 1.82) is 0 Å². The van der Waals surface area contributed by atoms with Gasteiger partial charge >= 0.3 is 12.1 Å². The van der Waals surface area contributed by atoms with Crippen molar-refractivity contribution < 1.29 is 23.9 Å². The lowest BCUT2D eigenvalue weighted by Gasteiger charge is -2.22. The zero-order chi connectivity index (χ0) is 19.1. The van der Waals surface area contributed by atoms with Crippen molar-refractivity contribution in [3.63, 3.8) is 0 Å². The summed E-state index contributed by atoms with van der Waals surface area (Å²) in [5, 5.41) is 5.29. The molecule has 0 aliphatic heterocycles. The molecule has 1 aromatic carbocycles. The number of amides is 2. The highest BCUT2D eigenvalue weighted by molar-refractivity contribution is 5.86. The van der Waals surface area contributed by atoms with Gasteiger partial charge in [0.15, 0.2) is 6.10 Å². The minimum atomic E-state index is -0.911. The molecule has 7 nitrogen and oxygen atoms in total. The molecule has 0 radical (unpaired) electrons. The predicted octanol–water partition coefficient (Wildman–Crippen LogP) is 2.15. The maximum Gasteiger partial charge on any atom is 0.408 e. The molecule has 0 bridgehead atoms. The highest BCUT2D eigenvalue weighted by atomic mass is 16.6. The Morgan fingerprint density at radius 2 is 1.77 bits per heavy atom. The van der Waals surface area contributed by atoms with Crippen molar-refractivity contribution in [2.24, 2.45) is 5.92 Å². The standard InChI is InChI=1S/C19H26N2O5/c1-12(2)16(18(23)26-13(3)17(22)20-15-9-10-15)21-19(24)25-11-14-7-5-4-6-8-14/h4-8,12-13,15-16H,9-11H2,1-3H3,(H,20,22)(H,21,24)/t13-,16+/m1/s1. The average Bonchev–Trinajstić information content (AvgIpc) is 3.42. The van der Waals surface area contributed by atoms with Crippen LogP contribution in [-0.2, 0) is 25.7 Å². The molecule has 2 atom stereocenters. The van der Waals surface area contributed by atoms with Crippen molar-refractivity contribution in [2.75, 3.05) is 0 Å². The van der Waals surface area contributed by atoms with Crippen molar-refractivity contribution in [3.8, 4) is 0 Å². The van der Waals surface area contributed by atoms with Crippen LogP contribution in [0, 0.1) is 5.92 Å². The average molecular weight is 362 g/mol. The lowest BCUT2D eigenvalue weighted by atomic mass is 10.1. The second kappa shape index (κ2) is 9.22. The predicted molar refractivity (Wildman–Crippen MR) is 95.1 cm³/mol. The molecule has 0 spiro atoms. The Hall–Kier alpha value is -2.57. The van der Waals surface area contributed by atoms with Crippen molar-refractivity contribution >= 4 is 18.0 Å². The summed E-state index contributed by atoms with van der Waals surface area (Å²) in [7, 11) is 0. The molecule has 26 heavy (non-hydrogen) atoms. The summed E-state index contributed by atoms with van der Waals surface area (Å²) in [6.45, 7) is 5.17. The summed E-state index contributed by atoms with van der Waals surface area (Å²) >= 11 is 0. The van der Waals surface area contributed by atoms with Gasteiger partial charge < -0.3 is 20.1 Å². The van der Waals surface area contributed by atoms with Gasteiger partial charge in [-0.05, 0) is 31.2 Å². The first-order chi connectivity index (χ1) is 12.4. The minimum Gasteiger partial charge on any atom is -0.451 e. The molecule has 1 aliphatic carbocycles. The van der Waals surface area contributed by atoms with Crippen LogP contribution in [0.15, 0.2) is 30.3 Å². The van der Waals surface area contributed by atoms with E-state index >= 15 is 0 Å². The van der Waals surface area contributed by atoms with Crippen LogP contribution in [0.5, 0.6) is 0 Å². The summed E-state index contributed by atoms with van der Waals surface area (Å²) in [5.74, 6) is -1.20. The van der Waals surface area contributed by atoms with E-state index in [-0.39, 0.29) is 24.5 Å². The SMILES string of the molecule is CC(C)[C@H](NC(=O)OCc1ccccc1)C(=O)O[C@H](C)C(=O)NC1CC1. The third-order valence-electron chi connectivity index (χ3n) is 3.99. The number of rotatable bonds is 8. The summed E-state index contributed by atoms with van der Waals surface area (Å²) in [5.41, 5.74) is 0.844. The Kier molecular flexibility index (Phi) is 7.00. The van der Waals surface area contributed by atoms with Gasteiger partial charge in [0.25, 0.3) is 5.91 Å². The van der Waals surface area contributed by atoms with Crippen LogP contribution >= 0.6 is 0 Å². The molecule has 0 heterocycles. The monoisotopic (exact) mass is 362 g/mol. The zero-order valence-electron chi connectivity index (χ0n) is 15.4. The van der Waals surface area contributed by atoms with Crippen LogP contribution < -0.4 is 10.6 Å². The molecular weight excluding hydrogens is 336 g/mol. The number of ether oxygens (including phenoxy) is 2. The fourth-order valence-electron chi connectivity index (χ4n) is 2.24. The number of benzene rings is 1. The number of carbonyl (C=O) groups excluding carboxylic acids is 3. The maximum absolute atomic E-state index is 12.3. The normalized spacial score (nSPS) is 15.7. The third kappa shape index (κ3) is 6.38. The fourth-order valence-corrected chi connectivity index (χ4v) is 2.24. The first kappa shape index (κ1) is 19.8. The Morgan fingerprint density at radius 1 is 1.12 bits per heavy atom. The maximum atomic E-state index is 12.3. The number of carbonyl (C=O) groups is 3. The molecule has 142 valence electrons. The van der Waals surface area contributed by atoms with Crippen LogP contribution in [0.2, 0.25) is 0 Å². The molecule has 2 N–H and O–H groups in total. The molecule has 0 unspecified atom stereocenters. The molecule has 1 aromatic rings. The van der Waals surface area contributed by atoms with Crippen molar-refractivity contribution in [2.45, 2.75) is 58.4 Å². The Bertz CT molecular complexity index is 628. The third-order valence-corrected chi connectivity index (χ3v) is 3.99. The quantitative estimate of drug-likeness (QED) is 0.691. The molecule has 1 saturated carbocycles. The van der Waals surface area contributed by atoms with E-state index in [0.717, 1.165) is 18.4 Å². The van der Waals surface area contributed by atoms with Crippen molar-refractivity contribution in [1.82, 2.24) is 10.6 Å². The van der Waals surface area contributed by atoms with Gasteiger partial charge in [0, 0.05) is 6.04 Å². The number of esters is 1. The van der Waals surface area contributed by atoms with E-state index in [1.807, 2.05) is 30.3 Å². The van der Waals surface area contributed by atoms with E-state index < -0.39 is 24.2 Å². The number of nitrogens with one attached hydrogen (secondary N) is 2. The molecule has 0 saturated heterocycles. The smallest absolute Gasteiger partial charge is 0.408 e. The van der Waals surface area contributed by atoms with E-state index in [1.165, 1.54) is 6.92 Å². The van der Waals surface area contributed by atoms with E-state index in [2.05, 4.69) is 10.6 Å². The van der Waals surface area contributed by atoms with E-state index in [1.54, 1.807) is 13.8 Å². The van der Waals surface area contributed by atoms with Crippen LogP contribution in [-0.4, -0.2) is 36.2 Å². The van der Waals surface area contributed by atoms with Gasteiger partial charge in [0.1, 0.15) is 12.6 Å². The van der Waals surface area contributed by atoms with Crippen LogP contribution in [0.25, 0.3) is 0 Å². The molecule has 0 aromatic heterocycles. The number of hydrogen-bond acceptors (Lipinski definition) is 5. The molecule has 2 amide bonds. The molecule has 1 fully saturated rings. The second-order valence-electron chi connectivity index (χ2n) is 6.79. The van der Waals surface area contributed by atoms with Gasteiger partial charge in [-0.2, -0.15) is 0 Å². The highest BCUT2D eigenvalue weighted by Crippen LogP contribution is 2.19. The summed E-state index contributed by atoms with van der Waals surface area (Å²) < 4.78 is 10.3. The van der Waals surface area contributed by atoms with Gasteiger partial charge in [0.2, 0.25) is 0 Å². The molecular formula is C19H26N2O5. The molecule has 1 aliphatic rings. The van der Waals surface area contributed by atoms with Gasteiger partial charge in [-0.25, -0.2) is 9.59 Å². The minimum absolute atomic E-state index is 0.104. The largest absolute Gasteiger partial charge is 0.451 e. The van der Waals surface area contributed by atoms with Crippen molar-refractivity contribution in [3.05, 3.63) is 35.9 Å². The van der Waals surface area contributed by atoms with E-state index in [4.69, 9.17) is 9.47 Å². The van der Waals surface area contributed by atoms with Gasteiger partial charge in [-0.15, -0.1) is 0 Å². The van der Waals surface area contributed by atoms with Gasteiger partial charge in [-0.3, -0.25) is 4.79 Å². The second-order valence-corrected chi connectivity index (χ2v) is 6.79. The fraction of sp³-hybridized carbons (Fsp3) is 0.526. The summed E-state index contributed by atoms with van der Waals surface area (Å²) in [4.78, 5) is 36.2. The Morgan fingerprint density at radius 3 is 2.35 bits per heavy atom.